The SMILES string of the molecule is C/C(=N\NC(=O)CSc1nnc(-c2ccccc2)n1-c1ccccc1)c1ccc(Cl)cc1Cl. The largest absolute Gasteiger partial charge is 0.272 e. The summed E-state index contributed by atoms with van der Waals surface area (Å²) < 4.78 is 1.94. The molecule has 1 heterocycles. The number of halogens is 2. The summed E-state index contributed by atoms with van der Waals surface area (Å²) in [6.45, 7) is 1.76. The van der Waals surface area contributed by atoms with Crippen LogP contribution >= 0.6 is 35.0 Å². The van der Waals surface area contributed by atoms with Crippen molar-refractivity contribution in [3.05, 3.63) is 94.5 Å². The van der Waals surface area contributed by atoms with Crippen molar-refractivity contribution in [3.63, 3.8) is 0 Å². The molecule has 0 aliphatic carbocycles. The number of rotatable bonds is 7. The number of hydrazone groups is 1. The van der Waals surface area contributed by atoms with E-state index in [1.807, 2.05) is 65.2 Å². The van der Waals surface area contributed by atoms with Crippen LogP contribution in [0.2, 0.25) is 10.0 Å². The van der Waals surface area contributed by atoms with E-state index in [1.54, 1.807) is 25.1 Å². The van der Waals surface area contributed by atoms with E-state index >= 15 is 0 Å². The van der Waals surface area contributed by atoms with Gasteiger partial charge in [0.25, 0.3) is 5.91 Å². The Bertz CT molecular complexity index is 1290. The average Bonchev–Trinajstić information content (AvgIpc) is 3.26. The molecule has 0 radical (unpaired) electrons. The van der Waals surface area contributed by atoms with Gasteiger partial charge >= 0.3 is 0 Å². The summed E-state index contributed by atoms with van der Waals surface area (Å²) in [5.41, 5.74) is 5.69. The van der Waals surface area contributed by atoms with Crippen molar-refractivity contribution in [1.82, 2.24) is 20.2 Å². The van der Waals surface area contributed by atoms with E-state index in [0.29, 0.717) is 32.3 Å². The zero-order valence-electron chi connectivity index (χ0n) is 17.6. The summed E-state index contributed by atoms with van der Waals surface area (Å²) in [5, 5.41) is 14.5. The molecule has 0 bridgehead atoms. The minimum Gasteiger partial charge on any atom is -0.272 e. The van der Waals surface area contributed by atoms with Crippen LogP contribution in [0.25, 0.3) is 17.1 Å². The molecule has 0 saturated heterocycles. The zero-order valence-corrected chi connectivity index (χ0v) is 19.9. The van der Waals surface area contributed by atoms with Gasteiger partial charge in [-0.15, -0.1) is 10.2 Å². The van der Waals surface area contributed by atoms with Crippen LogP contribution in [-0.2, 0) is 4.79 Å². The highest BCUT2D eigenvalue weighted by atomic mass is 35.5. The number of benzene rings is 3. The first kappa shape index (κ1) is 23.0. The van der Waals surface area contributed by atoms with E-state index in [2.05, 4.69) is 20.7 Å². The third-order valence-electron chi connectivity index (χ3n) is 4.68. The molecular weight excluding hydrogens is 477 g/mol. The second-order valence-electron chi connectivity index (χ2n) is 6.99. The predicted molar refractivity (Wildman–Crippen MR) is 134 cm³/mol. The number of amides is 1. The lowest BCUT2D eigenvalue weighted by atomic mass is 10.1. The number of aromatic nitrogens is 3. The topological polar surface area (TPSA) is 72.2 Å². The fourth-order valence-corrected chi connectivity index (χ4v) is 4.39. The fourth-order valence-electron chi connectivity index (χ4n) is 3.10. The smallest absolute Gasteiger partial charge is 0.250 e. The lowest BCUT2D eigenvalue weighted by Gasteiger charge is -2.10. The number of thioether (sulfide) groups is 1. The Morgan fingerprint density at radius 2 is 1.70 bits per heavy atom. The van der Waals surface area contributed by atoms with Crippen LogP contribution in [-0.4, -0.2) is 32.1 Å². The monoisotopic (exact) mass is 495 g/mol. The Morgan fingerprint density at radius 3 is 2.39 bits per heavy atom. The van der Waals surface area contributed by atoms with Crippen molar-refractivity contribution in [2.24, 2.45) is 5.10 Å². The molecule has 3 aromatic carbocycles. The van der Waals surface area contributed by atoms with E-state index < -0.39 is 0 Å². The molecule has 1 amide bonds. The molecule has 9 heteroatoms. The maximum absolute atomic E-state index is 12.5. The van der Waals surface area contributed by atoms with Gasteiger partial charge in [-0.25, -0.2) is 5.43 Å². The standard InChI is InChI=1S/C24H19Cl2N5OS/c1-16(20-13-12-18(25)14-21(20)26)27-28-22(32)15-33-24-30-29-23(17-8-4-2-5-9-17)31(24)19-10-6-3-7-11-19/h2-14H,15H2,1H3,(H,28,32)/b27-16+. The maximum Gasteiger partial charge on any atom is 0.250 e. The van der Waals surface area contributed by atoms with Gasteiger partial charge in [0, 0.05) is 21.8 Å². The van der Waals surface area contributed by atoms with Crippen LogP contribution in [0, 0.1) is 0 Å². The van der Waals surface area contributed by atoms with Gasteiger partial charge in [0.05, 0.1) is 16.5 Å². The second kappa shape index (κ2) is 10.7. The average molecular weight is 496 g/mol. The van der Waals surface area contributed by atoms with Gasteiger partial charge in [-0.3, -0.25) is 9.36 Å². The highest BCUT2D eigenvalue weighted by Gasteiger charge is 2.17. The number of hydrogen-bond donors (Lipinski definition) is 1. The Kier molecular flexibility index (Phi) is 7.44. The molecule has 166 valence electrons. The predicted octanol–water partition coefficient (Wildman–Crippen LogP) is 5.87. The second-order valence-corrected chi connectivity index (χ2v) is 8.77. The molecule has 0 fully saturated rings. The van der Waals surface area contributed by atoms with Crippen molar-refractivity contribution in [1.29, 1.82) is 0 Å². The molecule has 0 unspecified atom stereocenters. The number of carbonyl (C=O) groups is 1. The normalized spacial score (nSPS) is 11.4. The summed E-state index contributed by atoms with van der Waals surface area (Å²) in [4.78, 5) is 12.5. The number of para-hydroxylation sites is 1. The summed E-state index contributed by atoms with van der Waals surface area (Å²) in [6, 6.07) is 24.7. The lowest BCUT2D eigenvalue weighted by molar-refractivity contribution is -0.118. The van der Waals surface area contributed by atoms with E-state index in [-0.39, 0.29) is 11.7 Å². The molecule has 33 heavy (non-hydrogen) atoms. The number of carbonyl (C=O) groups excluding carboxylic acids is 1. The molecule has 4 aromatic rings. The number of hydrogen-bond acceptors (Lipinski definition) is 5. The summed E-state index contributed by atoms with van der Waals surface area (Å²) in [5.74, 6) is 0.550. The van der Waals surface area contributed by atoms with Crippen LogP contribution in [0.4, 0.5) is 0 Å². The first-order chi connectivity index (χ1) is 16.0. The van der Waals surface area contributed by atoms with Gasteiger partial charge in [0.2, 0.25) is 0 Å². The first-order valence-electron chi connectivity index (χ1n) is 10.0. The first-order valence-corrected chi connectivity index (χ1v) is 11.7. The molecule has 6 nitrogen and oxygen atoms in total. The molecule has 0 atom stereocenters. The lowest BCUT2D eigenvalue weighted by Crippen LogP contribution is -2.21. The van der Waals surface area contributed by atoms with E-state index in [4.69, 9.17) is 23.2 Å². The van der Waals surface area contributed by atoms with E-state index in [9.17, 15) is 4.79 Å². The quantitative estimate of drug-likeness (QED) is 0.197. The molecule has 0 saturated carbocycles. The van der Waals surface area contributed by atoms with Gasteiger partial charge in [0.15, 0.2) is 11.0 Å². The molecule has 0 aliphatic heterocycles. The highest BCUT2D eigenvalue weighted by Crippen LogP contribution is 2.27. The molecule has 4 rings (SSSR count). The molecule has 0 aliphatic rings. The van der Waals surface area contributed by atoms with Crippen molar-refractivity contribution in [3.8, 4) is 17.1 Å². The van der Waals surface area contributed by atoms with E-state index in [1.165, 1.54) is 11.8 Å². The summed E-state index contributed by atoms with van der Waals surface area (Å²) in [6.07, 6.45) is 0. The third-order valence-corrected chi connectivity index (χ3v) is 6.16. The summed E-state index contributed by atoms with van der Waals surface area (Å²) >= 11 is 13.4. The number of nitrogens with one attached hydrogen (secondary N) is 1. The van der Waals surface area contributed by atoms with Crippen LogP contribution < -0.4 is 5.43 Å². The molecule has 1 aromatic heterocycles. The molecule has 1 N–H and O–H groups in total. The summed E-state index contributed by atoms with van der Waals surface area (Å²) in [7, 11) is 0. The Hall–Kier alpha value is -3.13. The van der Waals surface area contributed by atoms with Crippen molar-refractivity contribution < 1.29 is 4.79 Å². The Morgan fingerprint density at radius 1 is 1.00 bits per heavy atom. The van der Waals surface area contributed by atoms with Crippen LogP contribution in [0.1, 0.15) is 12.5 Å². The third kappa shape index (κ3) is 5.63. The minimum absolute atomic E-state index is 0.116. The Labute approximate surface area is 205 Å². The van der Waals surface area contributed by atoms with Crippen LogP contribution in [0.3, 0.4) is 0 Å². The zero-order chi connectivity index (χ0) is 23.2. The molecular formula is C24H19Cl2N5OS. The van der Waals surface area contributed by atoms with Crippen molar-refractivity contribution in [2.75, 3.05) is 5.75 Å². The highest BCUT2D eigenvalue weighted by molar-refractivity contribution is 7.99. The van der Waals surface area contributed by atoms with Gasteiger partial charge in [-0.05, 0) is 31.2 Å². The van der Waals surface area contributed by atoms with Gasteiger partial charge < -0.3 is 0 Å². The maximum atomic E-state index is 12.5. The van der Waals surface area contributed by atoms with Gasteiger partial charge in [0.1, 0.15) is 0 Å². The van der Waals surface area contributed by atoms with Gasteiger partial charge in [-0.1, -0.05) is 89.6 Å². The van der Waals surface area contributed by atoms with Crippen molar-refractivity contribution >= 4 is 46.6 Å². The minimum atomic E-state index is -0.270. The Balaban J connectivity index is 1.50. The number of nitrogens with zero attached hydrogens (tertiary/aromatic N) is 4. The fraction of sp³-hybridized carbons (Fsp3) is 0.0833. The van der Waals surface area contributed by atoms with Crippen molar-refractivity contribution in [2.45, 2.75) is 12.1 Å². The van der Waals surface area contributed by atoms with Gasteiger partial charge in [-0.2, -0.15) is 5.10 Å². The van der Waals surface area contributed by atoms with Crippen LogP contribution in [0.15, 0.2) is 89.1 Å². The molecule has 0 spiro atoms. The van der Waals surface area contributed by atoms with Crippen LogP contribution in [0.5, 0.6) is 0 Å². The van der Waals surface area contributed by atoms with E-state index in [0.717, 1.165) is 11.3 Å².